The molecular weight excluding hydrogens is 368 g/mol. The van der Waals surface area contributed by atoms with Crippen molar-refractivity contribution >= 4 is 0 Å². The molecule has 0 spiro atoms. The third-order valence-corrected chi connectivity index (χ3v) is 6.49. The van der Waals surface area contributed by atoms with Crippen LogP contribution < -0.4 is 10.6 Å². The van der Waals surface area contributed by atoms with Gasteiger partial charge in [-0.05, 0) is 95.9 Å². The van der Waals surface area contributed by atoms with Crippen LogP contribution in [0.3, 0.4) is 0 Å². The standard InChI is InChI=1S/C26H56N4/c1-23(2,3)29(24(4,5)6)19-17-27-21-15-13-14-16-22(21)28-18-20-30(25(7,8)9)26(10,11)12/h21-22,27-28H,13-20H2,1-12H3/t21-,22-/m1/s1. The molecule has 0 aliphatic heterocycles. The molecular formula is C26H56N4. The monoisotopic (exact) mass is 424 g/mol. The SMILES string of the molecule is CC(C)(C)N(CCN[C@@H]1CCCC[C@H]1NCCN(C(C)(C)C)C(C)(C)C)C(C)(C)C. The van der Waals surface area contributed by atoms with E-state index in [0.29, 0.717) is 12.1 Å². The van der Waals surface area contributed by atoms with Gasteiger partial charge in [0.1, 0.15) is 0 Å². The van der Waals surface area contributed by atoms with Crippen LogP contribution in [-0.4, -0.2) is 70.2 Å². The summed E-state index contributed by atoms with van der Waals surface area (Å²) >= 11 is 0. The first-order chi connectivity index (χ1) is 13.4. The largest absolute Gasteiger partial charge is 0.311 e. The summed E-state index contributed by atoms with van der Waals surface area (Å²) in [6.07, 6.45) is 5.30. The number of rotatable bonds is 8. The van der Waals surface area contributed by atoms with Crippen molar-refractivity contribution in [1.29, 1.82) is 0 Å². The Balaban J connectivity index is 2.61. The molecule has 1 fully saturated rings. The van der Waals surface area contributed by atoms with E-state index in [1.165, 1.54) is 25.7 Å². The zero-order valence-corrected chi connectivity index (χ0v) is 22.7. The van der Waals surface area contributed by atoms with Gasteiger partial charge in [-0.3, -0.25) is 9.80 Å². The summed E-state index contributed by atoms with van der Waals surface area (Å²) in [5.41, 5.74) is 0.752. The van der Waals surface area contributed by atoms with Gasteiger partial charge in [0, 0.05) is 60.4 Å². The Morgan fingerprint density at radius 1 is 0.533 bits per heavy atom. The fourth-order valence-corrected chi connectivity index (χ4v) is 5.70. The maximum absolute atomic E-state index is 3.93. The van der Waals surface area contributed by atoms with Gasteiger partial charge >= 0.3 is 0 Å². The second kappa shape index (κ2) is 10.6. The molecule has 0 amide bonds. The second-order valence-electron chi connectivity index (χ2n) is 13.4. The molecule has 2 N–H and O–H groups in total. The van der Waals surface area contributed by atoms with E-state index < -0.39 is 0 Å². The van der Waals surface area contributed by atoms with E-state index in [2.05, 4.69) is 104 Å². The Morgan fingerprint density at radius 3 is 1.03 bits per heavy atom. The van der Waals surface area contributed by atoms with Crippen LogP contribution in [-0.2, 0) is 0 Å². The zero-order chi connectivity index (χ0) is 23.4. The average molecular weight is 425 g/mol. The van der Waals surface area contributed by atoms with E-state index in [1.807, 2.05) is 0 Å². The molecule has 0 aromatic carbocycles. The highest BCUT2D eigenvalue weighted by molar-refractivity contribution is 4.91. The Morgan fingerprint density at radius 2 is 0.800 bits per heavy atom. The maximum atomic E-state index is 3.93. The third kappa shape index (κ3) is 9.14. The lowest BCUT2D eigenvalue weighted by atomic mass is 9.90. The van der Waals surface area contributed by atoms with Crippen LogP contribution in [0.4, 0.5) is 0 Å². The van der Waals surface area contributed by atoms with Gasteiger partial charge in [0.25, 0.3) is 0 Å². The van der Waals surface area contributed by atoms with E-state index in [4.69, 9.17) is 0 Å². The van der Waals surface area contributed by atoms with Crippen molar-refractivity contribution in [1.82, 2.24) is 20.4 Å². The first-order valence-corrected chi connectivity index (χ1v) is 12.5. The summed E-state index contributed by atoms with van der Waals surface area (Å²) in [5.74, 6) is 0. The van der Waals surface area contributed by atoms with Gasteiger partial charge in [0.15, 0.2) is 0 Å². The Labute approximate surface area is 189 Å². The van der Waals surface area contributed by atoms with Crippen LogP contribution in [0, 0.1) is 0 Å². The summed E-state index contributed by atoms with van der Waals surface area (Å²) in [6.45, 7) is 32.3. The quantitative estimate of drug-likeness (QED) is 0.555. The smallest absolute Gasteiger partial charge is 0.0221 e. The van der Waals surface area contributed by atoms with Crippen LogP contribution >= 0.6 is 0 Å². The van der Waals surface area contributed by atoms with Crippen molar-refractivity contribution in [3.8, 4) is 0 Å². The molecule has 0 aromatic heterocycles. The van der Waals surface area contributed by atoms with Gasteiger partial charge in [-0.2, -0.15) is 0 Å². The summed E-state index contributed by atoms with van der Waals surface area (Å²) in [5, 5.41) is 7.85. The molecule has 0 saturated heterocycles. The summed E-state index contributed by atoms with van der Waals surface area (Å²) in [7, 11) is 0. The van der Waals surface area contributed by atoms with Gasteiger partial charge in [0.2, 0.25) is 0 Å². The molecule has 0 aromatic rings. The van der Waals surface area contributed by atoms with E-state index in [9.17, 15) is 0 Å². The fourth-order valence-electron chi connectivity index (χ4n) is 5.70. The predicted octanol–water partition coefficient (Wildman–Crippen LogP) is 5.27. The first kappa shape index (κ1) is 27.9. The van der Waals surface area contributed by atoms with E-state index >= 15 is 0 Å². The number of nitrogens with zero attached hydrogens (tertiary/aromatic N) is 2. The van der Waals surface area contributed by atoms with Gasteiger partial charge in [0.05, 0.1) is 0 Å². The Bertz CT molecular complexity index is 413. The Kier molecular flexibility index (Phi) is 9.88. The number of hydrogen-bond acceptors (Lipinski definition) is 4. The lowest BCUT2D eigenvalue weighted by Crippen LogP contribution is -2.58. The topological polar surface area (TPSA) is 30.5 Å². The van der Waals surface area contributed by atoms with E-state index in [1.54, 1.807) is 0 Å². The lowest BCUT2D eigenvalue weighted by Gasteiger charge is -2.46. The minimum Gasteiger partial charge on any atom is -0.311 e. The highest BCUT2D eigenvalue weighted by Crippen LogP contribution is 2.25. The van der Waals surface area contributed by atoms with Gasteiger partial charge < -0.3 is 10.6 Å². The molecule has 180 valence electrons. The van der Waals surface area contributed by atoms with Crippen molar-refractivity contribution in [3.63, 3.8) is 0 Å². The molecule has 0 heterocycles. The Hall–Kier alpha value is -0.160. The number of hydrogen-bond donors (Lipinski definition) is 2. The normalized spacial score (nSPS) is 22.2. The van der Waals surface area contributed by atoms with Crippen LogP contribution in [0.2, 0.25) is 0 Å². The minimum absolute atomic E-state index is 0.188. The maximum Gasteiger partial charge on any atom is 0.0221 e. The highest BCUT2D eigenvalue weighted by atomic mass is 15.3. The van der Waals surface area contributed by atoms with E-state index in [0.717, 1.165) is 26.2 Å². The second-order valence-corrected chi connectivity index (χ2v) is 13.4. The molecule has 30 heavy (non-hydrogen) atoms. The summed E-state index contributed by atoms with van der Waals surface area (Å²) in [4.78, 5) is 5.26. The summed E-state index contributed by atoms with van der Waals surface area (Å²) in [6, 6.07) is 1.19. The zero-order valence-electron chi connectivity index (χ0n) is 22.7. The lowest BCUT2D eigenvalue weighted by molar-refractivity contribution is 0.0356. The van der Waals surface area contributed by atoms with Crippen molar-refractivity contribution < 1.29 is 0 Å². The summed E-state index contributed by atoms with van der Waals surface area (Å²) < 4.78 is 0. The van der Waals surface area contributed by atoms with Crippen LogP contribution in [0.5, 0.6) is 0 Å². The van der Waals surface area contributed by atoms with Crippen LogP contribution in [0.25, 0.3) is 0 Å². The van der Waals surface area contributed by atoms with E-state index in [-0.39, 0.29) is 22.2 Å². The van der Waals surface area contributed by atoms with Crippen LogP contribution in [0.1, 0.15) is 109 Å². The van der Waals surface area contributed by atoms with Gasteiger partial charge in [-0.15, -0.1) is 0 Å². The average Bonchev–Trinajstić information content (AvgIpc) is 2.51. The molecule has 1 saturated carbocycles. The fraction of sp³-hybridized carbons (Fsp3) is 1.00. The molecule has 1 aliphatic carbocycles. The molecule has 0 bridgehead atoms. The molecule has 4 nitrogen and oxygen atoms in total. The number of nitrogens with one attached hydrogen (secondary N) is 2. The molecule has 4 heteroatoms. The van der Waals surface area contributed by atoms with Crippen molar-refractivity contribution in [2.75, 3.05) is 26.2 Å². The van der Waals surface area contributed by atoms with Crippen molar-refractivity contribution in [2.24, 2.45) is 0 Å². The van der Waals surface area contributed by atoms with Gasteiger partial charge in [-0.25, -0.2) is 0 Å². The molecule has 2 atom stereocenters. The molecule has 0 unspecified atom stereocenters. The highest BCUT2D eigenvalue weighted by Gasteiger charge is 2.33. The molecule has 0 radical (unpaired) electrons. The predicted molar refractivity (Wildman–Crippen MR) is 134 cm³/mol. The van der Waals surface area contributed by atoms with Crippen LogP contribution in [0.15, 0.2) is 0 Å². The first-order valence-electron chi connectivity index (χ1n) is 12.5. The van der Waals surface area contributed by atoms with Gasteiger partial charge in [-0.1, -0.05) is 12.8 Å². The van der Waals surface area contributed by atoms with Crippen molar-refractivity contribution in [3.05, 3.63) is 0 Å². The third-order valence-electron chi connectivity index (χ3n) is 6.49. The minimum atomic E-state index is 0.188. The molecule has 1 rings (SSSR count). The molecule has 1 aliphatic rings. The van der Waals surface area contributed by atoms with Crippen molar-refractivity contribution in [2.45, 2.75) is 143 Å².